The van der Waals surface area contributed by atoms with Gasteiger partial charge in [0, 0.05) is 25.9 Å². The molecule has 0 bridgehead atoms. The Morgan fingerprint density at radius 1 is 1.08 bits per heavy atom. The molecular weight excluding hydrogens is 318 g/mol. The molecule has 1 aliphatic heterocycles. The average molecular weight is 339 g/mol. The van der Waals surface area contributed by atoms with Crippen LogP contribution in [0.25, 0.3) is 16.8 Å². The fourth-order valence-corrected chi connectivity index (χ4v) is 4.36. The number of benzene rings is 1. The van der Waals surface area contributed by atoms with E-state index in [0.717, 1.165) is 59.9 Å². The van der Waals surface area contributed by atoms with Gasteiger partial charge in [-0.1, -0.05) is 12.1 Å². The molecule has 2 aliphatic rings. The quantitative estimate of drug-likeness (QED) is 0.648. The maximum atomic E-state index is 12.0. The van der Waals surface area contributed by atoms with Gasteiger partial charge in [-0.05, 0) is 42.4 Å². The molecule has 1 saturated carbocycles. The lowest BCUT2D eigenvalue weighted by atomic mass is 10.2. The zero-order valence-corrected chi connectivity index (χ0v) is 14.0. The average Bonchev–Trinajstić information content (AvgIpc) is 3.00. The summed E-state index contributed by atoms with van der Waals surface area (Å²) in [5.74, 6) is 4.00. The van der Waals surface area contributed by atoms with Crippen LogP contribution in [0.5, 0.6) is 0 Å². The zero-order valence-electron chi connectivity index (χ0n) is 14.0. The van der Waals surface area contributed by atoms with Gasteiger partial charge < -0.3 is 9.64 Å². The van der Waals surface area contributed by atoms with Crippen molar-refractivity contribution >= 4 is 22.6 Å². The van der Waals surface area contributed by atoms with Gasteiger partial charge in [0.25, 0.3) is 0 Å². The Morgan fingerprint density at radius 3 is 2.76 bits per heavy atom. The molecule has 5 rings (SSSR count). The number of anilines is 1. The second-order valence-corrected chi connectivity index (χ2v) is 7.04. The van der Waals surface area contributed by atoms with Gasteiger partial charge in [0.05, 0.1) is 17.6 Å². The van der Waals surface area contributed by atoms with Crippen LogP contribution >= 0.6 is 0 Å². The number of hydrogen-bond donors (Lipinski definition) is 0. The number of fused-ring (bicyclic) bond motifs is 4. The third-order valence-corrected chi connectivity index (χ3v) is 5.68. The fraction of sp³-hybridized carbons (Fsp3) is 0.474. The largest absolute Gasteiger partial charge is 0.379 e. The Bertz CT molecular complexity index is 899. The van der Waals surface area contributed by atoms with Crippen molar-refractivity contribution in [1.82, 2.24) is 14.4 Å². The molecule has 0 N–H and O–H groups in total. The lowest BCUT2D eigenvalue weighted by Gasteiger charge is -2.20. The number of hydrogen-bond acceptors (Lipinski definition) is 4. The van der Waals surface area contributed by atoms with Crippen LogP contribution in [0.1, 0.15) is 6.42 Å². The molecule has 0 unspecified atom stereocenters. The van der Waals surface area contributed by atoms with Gasteiger partial charge in [-0.15, -0.1) is 0 Å². The van der Waals surface area contributed by atoms with Crippen LogP contribution in [-0.4, -0.2) is 47.3 Å². The van der Waals surface area contributed by atoms with E-state index in [4.69, 9.17) is 9.72 Å². The van der Waals surface area contributed by atoms with Gasteiger partial charge in [-0.2, -0.15) is 4.98 Å². The predicted octanol–water partition coefficient (Wildman–Crippen LogP) is 2.94. The monoisotopic (exact) mass is 339 g/mol. The molecule has 0 spiro atoms. The minimum Gasteiger partial charge on any atom is -0.379 e. The number of imidazole rings is 1. The Hall–Kier alpha value is -2.21. The number of alkyl halides is 1. The van der Waals surface area contributed by atoms with Gasteiger partial charge >= 0.3 is 0 Å². The number of piperidine rings is 1. The molecule has 2 aromatic heterocycles. The van der Waals surface area contributed by atoms with E-state index in [1.54, 1.807) is 0 Å². The maximum absolute atomic E-state index is 12.0. The van der Waals surface area contributed by atoms with Crippen molar-refractivity contribution in [2.45, 2.75) is 6.42 Å². The molecule has 1 aromatic carbocycles. The molecule has 130 valence electrons. The number of halogens is 1. The van der Waals surface area contributed by atoms with Crippen LogP contribution in [-0.2, 0) is 4.74 Å². The highest BCUT2D eigenvalue weighted by molar-refractivity contribution is 5.79. The number of ether oxygens (including phenoxy) is 1. The van der Waals surface area contributed by atoms with E-state index in [1.165, 1.54) is 0 Å². The molecular formula is C19H21FN4O. The molecule has 2 fully saturated rings. The second kappa shape index (κ2) is 5.95. The summed E-state index contributed by atoms with van der Waals surface area (Å²) in [5.41, 5.74) is 2.07. The normalized spacial score (nSPS) is 25.0. The minimum absolute atomic E-state index is 0.233. The fourth-order valence-electron chi connectivity index (χ4n) is 4.36. The Morgan fingerprint density at radius 2 is 1.92 bits per heavy atom. The zero-order chi connectivity index (χ0) is 16.8. The molecule has 3 heterocycles. The minimum atomic E-state index is -0.387. The third-order valence-electron chi connectivity index (χ3n) is 5.68. The van der Waals surface area contributed by atoms with E-state index < -0.39 is 0 Å². The van der Waals surface area contributed by atoms with E-state index in [0.29, 0.717) is 6.61 Å². The van der Waals surface area contributed by atoms with Gasteiger partial charge in [-0.25, -0.2) is 9.37 Å². The highest BCUT2D eigenvalue weighted by Crippen LogP contribution is 2.54. The topological polar surface area (TPSA) is 42.7 Å². The summed E-state index contributed by atoms with van der Waals surface area (Å²) < 4.78 is 19.4. The van der Waals surface area contributed by atoms with Crippen molar-refractivity contribution in [3.05, 3.63) is 36.5 Å². The SMILES string of the molecule is [18F]CCOCC[C@@H]1[C@H]2CN(c3ccn4c(n3)nc3ccccc34)C[C@@H]12. The molecule has 1 aliphatic carbocycles. The third kappa shape index (κ3) is 2.56. The number of para-hydroxylation sites is 2. The summed E-state index contributed by atoms with van der Waals surface area (Å²) in [7, 11) is 0. The van der Waals surface area contributed by atoms with Crippen molar-refractivity contribution in [3.63, 3.8) is 0 Å². The van der Waals surface area contributed by atoms with Crippen LogP contribution in [0.2, 0.25) is 0 Å². The van der Waals surface area contributed by atoms with E-state index >= 15 is 0 Å². The van der Waals surface area contributed by atoms with Gasteiger partial charge in [0.1, 0.15) is 12.5 Å². The highest BCUT2D eigenvalue weighted by Gasteiger charge is 2.55. The van der Waals surface area contributed by atoms with Crippen LogP contribution in [0.15, 0.2) is 36.5 Å². The van der Waals surface area contributed by atoms with Crippen LogP contribution in [0.4, 0.5) is 10.2 Å². The first-order valence-electron chi connectivity index (χ1n) is 8.97. The lowest BCUT2D eigenvalue weighted by Crippen LogP contribution is -2.25. The molecule has 6 heteroatoms. The van der Waals surface area contributed by atoms with Gasteiger partial charge in [-0.3, -0.25) is 4.40 Å². The Labute approximate surface area is 145 Å². The van der Waals surface area contributed by atoms with E-state index in [9.17, 15) is 4.39 Å². The van der Waals surface area contributed by atoms with Crippen molar-refractivity contribution in [2.24, 2.45) is 17.8 Å². The van der Waals surface area contributed by atoms with E-state index in [1.807, 2.05) is 22.6 Å². The molecule has 3 aromatic rings. The van der Waals surface area contributed by atoms with Gasteiger partial charge in [0.2, 0.25) is 5.78 Å². The van der Waals surface area contributed by atoms with Crippen molar-refractivity contribution in [3.8, 4) is 0 Å². The maximum Gasteiger partial charge on any atom is 0.236 e. The van der Waals surface area contributed by atoms with Crippen molar-refractivity contribution in [1.29, 1.82) is 0 Å². The first kappa shape index (κ1) is 15.1. The summed E-state index contributed by atoms with van der Waals surface area (Å²) in [6.07, 6.45) is 3.13. The number of aromatic nitrogens is 3. The smallest absolute Gasteiger partial charge is 0.236 e. The second-order valence-electron chi connectivity index (χ2n) is 7.04. The standard InChI is InChI=1S/C19H21FN4O/c20-7-10-25-9-6-13-14-11-23(12-15(13)14)18-5-8-24-17-4-2-1-3-16(17)21-19(24)22-18/h1-5,8,13-15H,6-7,9-12H2/t13-,14-,15+/i20-1. The van der Waals surface area contributed by atoms with Crippen LogP contribution < -0.4 is 4.90 Å². The van der Waals surface area contributed by atoms with Gasteiger partial charge in [0.15, 0.2) is 0 Å². The molecule has 25 heavy (non-hydrogen) atoms. The van der Waals surface area contributed by atoms with Crippen molar-refractivity contribution < 1.29 is 9.13 Å². The van der Waals surface area contributed by atoms with E-state index in [-0.39, 0.29) is 13.3 Å². The summed E-state index contributed by atoms with van der Waals surface area (Å²) in [6.45, 7) is 2.65. The molecule has 5 nitrogen and oxygen atoms in total. The molecule has 0 radical (unpaired) electrons. The van der Waals surface area contributed by atoms with Crippen LogP contribution in [0.3, 0.4) is 0 Å². The molecule has 3 atom stereocenters. The Balaban J connectivity index is 1.27. The summed E-state index contributed by atoms with van der Waals surface area (Å²) in [5, 5.41) is 0. The van der Waals surface area contributed by atoms with Crippen LogP contribution in [0, 0.1) is 17.8 Å². The molecule has 0 amide bonds. The summed E-state index contributed by atoms with van der Waals surface area (Å²) >= 11 is 0. The first-order valence-corrected chi connectivity index (χ1v) is 8.97. The predicted molar refractivity (Wildman–Crippen MR) is 94.6 cm³/mol. The van der Waals surface area contributed by atoms with E-state index in [2.05, 4.69) is 28.2 Å². The summed E-state index contributed by atoms with van der Waals surface area (Å²) in [6, 6.07) is 10.2. The highest BCUT2D eigenvalue weighted by atomic mass is 18.2. The van der Waals surface area contributed by atoms with Crippen molar-refractivity contribution in [2.75, 3.05) is 37.9 Å². The molecule has 1 saturated heterocycles. The number of rotatable bonds is 6. The lowest BCUT2D eigenvalue weighted by molar-refractivity contribution is 0.112. The number of nitrogens with zero attached hydrogens (tertiary/aromatic N) is 4. The Kier molecular flexibility index (Phi) is 3.59. The summed E-state index contributed by atoms with van der Waals surface area (Å²) in [4.78, 5) is 11.8. The first-order chi connectivity index (χ1) is 12.3.